The Labute approximate surface area is 296 Å². The number of para-hydroxylation sites is 1. The molecular weight excluding hydrogens is 656 g/mol. The van der Waals surface area contributed by atoms with E-state index in [4.69, 9.17) is 17.2 Å². The van der Waals surface area contributed by atoms with Crippen LogP contribution in [0.2, 0.25) is 0 Å². The third-order valence-electron chi connectivity index (χ3n) is 7.91. The van der Waals surface area contributed by atoms with Crippen LogP contribution in [0.5, 0.6) is 0 Å². The van der Waals surface area contributed by atoms with E-state index >= 15 is 0 Å². The molecule has 3 aromatic rings. The summed E-state index contributed by atoms with van der Waals surface area (Å²) in [5.41, 5.74) is 18.5. The Bertz CT molecular complexity index is 1690. The van der Waals surface area contributed by atoms with Crippen molar-refractivity contribution in [3.63, 3.8) is 0 Å². The van der Waals surface area contributed by atoms with E-state index in [2.05, 4.69) is 36.6 Å². The molecule has 0 fully saturated rings. The van der Waals surface area contributed by atoms with E-state index in [0.29, 0.717) is 6.42 Å². The van der Waals surface area contributed by atoms with Crippen LogP contribution >= 0.6 is 0 Å². The van der Waals surface area contributed by atoms with Crippen molar-refractivity contribution in [1.82, 2.24) is 31.6 Å². The quantitative estimate of drug-likeness (QED) is 0.0414. The SMILES string of the molecule is CCCC(=O)N[C@@H](C)C(=O)N[C@H](Cc1ccccc1)C(=O)N[C@@H](CCCN=C(N)N)C(=O)N[C@@H](Cc1c[nH]c2ccccc12)C(=O)NCC(N)=O. The maximum absolute atomic E-state index is 13.9. The molecule has 12 N–H and O–H groups in total. The van der Waals surface area contributed by atoms with Gasteiger partial charge in [-0.3, -0.25) is 33.8 Å². The number of primary amides is 1. The van der Waals surface area contributed by atoms with E-state index in [-0.39, 0.29) is 50.5 Å². The molecule has 1 heterocycles. The fourth-order valence-corrected chi connectivity index (χ4v) is 5.31. The summed E-state index contributed by atoms with van der Waals surface area (Å²) >= 11 is 0. The highest BCUT2D eigenvalue weighted by Crippen LogP contribution is 2.19. The summed E-state index contributed by atoms with van der Waals surface area (Å²) in [7, 11) is 0. The number of aliphatic imine (C=N–C) groups is 1. The fraction of sp³-hybridized carbons (Fsp3) is 0.400. The molecule has 0 saturated heterocycles. The standard InChI is InChI=1S/C35H48N10O6/c1-3-10-30(47)42-21(2)31(48)44-27(17-22-11-5-4-6-12-22)34(51)43-26(15-9-16-39-35(37)38)33(50)45-28(32(49)41-20-29(36)46)18-23-19-40-25-14-8-7-13-24(23)25/h4-8,11-14,19,21,26-28,40H,3,9-10,15-18,20H2,1-2H3,(H2,36,46)(H,41,49)(H,42,47)(H,43,51)(H,44,48)(H,45,50)(H4,37,38,39)/t21-,26-,27+,28-/m0/s1. The zero-order chi connectivity index (χ0) is 37.3. The molecule has 1 aromatic heterocycles. The summed E-state index contributed by atoms with van der Waals surface area (Å²) in [4.78, 5) is 84.9. The second-order valence-corrected chi connectivity index (χ2v) is 12.1. The van der Waals surface area contributed by atoms with E-state index in [1.54, 1.807) is 30.5 Å². The molecule has 0 radical (unpaired) electrons. The largest absolute Gasteiger partial charge is 0.370 e. The zero-order valence-electron chi connectivity index (χ0n) is 28.9. The van der Waals surface area contributed by atoms with Crippen molar-refractivity contribution in [3.8, 4) is 0 Å². The minimum Gasteiger partial charge on any atom is -0.370 e. The zero-order valence-corrected chi connectivity index (χ0v) is 28.9. The maximum atomic E-state index is 13.9. The van der Waals surface area contributed by atoms with Gasteiger partial charge in [-0.2, -0.15) is 0 Å². The van der Waals surface area contributed by atoms with Crippen LogP contribution in [0.1, 0.15) is 50.7 Å². The first kappa shape index (κ1) is 39.5. The molecule has 0 unspecified atom stereocenters. The Morgan fingerprint density at radius 2 is 1.39 bits per heavy atom. The van der Waals surface area contributed by atoms with Crippen LogP contribution in [0.4, 0.5) is 0 Å². The highest BCUT2D eigenvalue weighted by Gasteiger charge is 2.31. The lowest BCUT2D eigenvalue weighted by Gasteiger charge is -2.26. The first-order valence-corrected chi connectivity index (χ1v) is 16.8. The number of carbonyl (C=O) groups is 6. The highest BCUT2D eigenvalue weighted by atomic mass is 16.2. The van der Waals surface area contributed by atoms with Gasteiger partial charge in [-0.25, -0.2) is 0 Å². The number of benzene rings is 2. The van der Waals surface area contributed by atoms with Gasteiger partial charge in [0.05, 0.1) is 6.54 Å². The average molecular weight is 705 g/mol. The normalized spacial score (nSPS) is 13.1. The van der Waals surface area contributed by atoms with Gasteiger partial charge in [-0.1, -0.05) is 55.5 Å². The summed E-state index contributed by atoms with van der Waals surface area (Å²) in [6, 6.07) is 12.0. The molecular formula is C35H48N10O6. The van der Waals surface area contributed by atoms with Gasteiger partial charge >= 0.3 is 0 Å². The first-order valence-electron chi connectivity index (χ1n) is 16.8. The molecule has 0 aliphatic heterocycles. The van der Waals surface area contributed by atoms with Crippen LogP contribution in [-0.4, -0.2) is 83.6 Å². The summed E-state index contributed by atoms with van der Waals surface area (Å²) in [6.07, 6.45) is 3.02. The maximum Gasteiger partial charge on any atom is 0.243 e. The molecule has 0 aliphatic rings. The molecule has 4 atom stereocenters. The van der Waals surface area contributed by atoms with Crippen LogP contribution < -0.4 is 43.8 Å². The van der Waals surface area contributed by atoms with Crippen LogP contribution in [-0.2, 0) is 41.6 Å². The van der Waals surface area contributed by atoms with Gasteiger partial charge in [0.15, 0.2) is 5.96 Å². The average Bonchev–Trinajstić information content (AvgIpc) is 3.50. The number of nitrogens with zero attached hydrogens (tertiary/aromatic N) is 1. The van der Waals surface area contributed by atoms with Gasteiger partial charge in [-0.05, 0) is 43.4 Å². The van der Waals surface area contributed by atoms with Crippen molar-refractivity contribution >= 4 is 52.3 Å². The molecule has 0 bridgehead atoms. The Kier molecular flexibility index (Phi) is 15.4. The summed E-state index contributed by atoms with van der Waals surface area (Å²) < 4.78 is 0. The molecule has 51 heavy (non-hydrogen) atoms. The number of hydrogen-bond acceptors (Lipinski definition) is 7. The molecule has 0 spiro atoms. The number of hydrogen-bond donors (Lipinski definition) is 9. The molecule has 274 valence electrons. The van der Waals surface area contributed by atoms with Crippen LogP contribution in [0.15, 0.2) is 65.8 Å². The Morgan fingerprint density at radius 3 is 2.08 bits per heavy atom. The van der Waals surface area contributed by atoms with E-state index in [1.165, 1.54) is 6.92 Å². The predicted molar refractivity (Wildman–Crippen MR) is 193 cm³/mol. The monoisotopic (exact) mass is 704 g/mol. The van der Waals surface area contributed by atoms with E-state index in [0.717, 1.165) is 22.0 Å². The lowest BCUT2D eigenvalue weighted by molar-refractivity contribution is -0.134. The van der Waals surface area contributed by atoms with E-state index in [1.807, 2.05) is 37.3 Å². The molecule has 6 amide bonds. The smallest absolute Gasteiger partial charge is 0.243 e. The van der Waals surface area contributed by atoms with Gasteiger partial charge in [0.25, 0.3) is 0 Å². The van der Waals surface area contributed by atoms with Crippen molar-refractivity contribution in [2.45, 2.75) is 76.5 Å². The molecule has 0 aliphatic carbocycles. The number of aromatic nitrogens is 1. The van der Waals surface area contributed by atoms with Gasteiger partial charge < -0.3 is 48.8 Å². The van der Waals surface area contributed by atoms with Gasteiger partial charge in [0.2, 0.25) is 35.4 Å². The third kappa shape index (κ3) is 13.1. The van der Waals surface area contributed by atoms with Crippen molar-refractivity contribution < 1.29 is 28.8 Å². The van der Waals surface area contributed by atoms with Crippen molar-refractivity contribution in [1.29, 1.82) is 0 Å². The Balaban J connectivity index is 1.87. The van der Waals surface area contributed by atoms with Crippen LogP contribution in [0.25, 0.3) is 10.9 Å². The number of carbonyl (C=O) groups excluding carboxylic acids is 6. The number of amides is 6. The summed E-state index contributed by atoms with van der Waals surface area (Å²) in [5, 5.41) is 14.1. The van der Waals surface area contributed by atoms with Crippen LogP contribution in [0, 0.1) is 0 Å². The molecule has 0 saturated carbocycles. The fourth-order valence-electron chi connectivity index (χ4n) is 5.31. The van der Waals surface area contributed by atoms with Crippen molar-refractivity contribution in [3.05, 3.63) is 71.9 Å². The predicted octanol–water partition coefficient (Wildman–Crippen LogP) is -0.633. The third-order valence-corrected chi connectivity index (χ3v) is 7.91. The first-order chi connectivity index (χ1) is 24.4. The van der Waals surface area contributed by atoms with Crippen molar-refractivity contribution in [2.24, 2.45) is 22.2 Å². The summed E-state index contributed by atoms with van der Waals surface area (Å²) in [6.45, 7) is 3.05. The number of aromatic amines is 1. The van der Waals surface area contributed by atoms with Gasteiger partial charge in [0, 0.05) is 42.9 Å². The van der Waals surface area contributed by atoms with Crippen LogP contribution in [0.3, 0.4) is 0 Å². The number of nitrogens with one attached hydrogen (secondary N) is 6. The van der Waals surface area contributed by atoms with Gasteiger partial charge in [0.1, 0.15) is 24.2 Å². The molecule has 16 heteroatoms. The second-order valence-electron chi connectivity index (χ2n) is 12.1. The molecule has 2 aromatic carbocycles. The minimum absolute atomic E-state index is 0.0450. The number of fused-ring (bicyclic) bond motifs is 1. The minimum atomic E-state index is -1.20. The lowest BCUT2D eigenvalue weighted by Crippen LogP contribution is -2.58. The summed E-state index contributed by atoms with van der Waals surface area (Å²) in [5.74, 6) is -3.83. The Morgan fingerprint density at radius 1 is 0.765 bits per heavy atom. The second kappa shape index (κ2) is 19.9. The molecule has 3 rings (SSSR count). The van der Waals surface area contributed by atoms with Crippen molar-refractivity contribution in [2.75, 3.05) is 13.1 Å². The van der Waals surface area contributed by atoms with Gasteiger partial charge in [-0.15, -0.1) is 0 Å². The topological polar surface area (TPSA) is 269 Å². The number of guanidine groups is 1. The van der Waals surface area contributed by atoms with E-state index < -0.39 is 60.2 Å². The van der Waals surface area contributed by atoms with E-state index in [9.17, 15) is 28.8 Å². The highest BCUT2D eigenvalue weighted by molar-refractivity contribution is 5.96. The lowest BCUT2D eigenvalue weighted by atomic mass is 10.0. The number of rotatable bonds is 20. The number of nitrogens with two attached hydrogens (primary N) is 3. The number of H-pyrrole nitrogens is 1. The Hall–Kier alpha value is -5.93. The molecule has 16 nitrogen and oxygen atoms in total.